The van der Waals surface area contributed by atoms with Gasteiger partial charge in [0.15, 0.2) is 0 Å². The Morgan fingerprint density at radius 1 is 1.42 bits per heavy atom. The molecule has 1 aromatic rings. The monoisotopic (exact) mass is 284 g/mol. The fraction of sp³-hybridized carbons (Fsp3) is 0.250. The van der Waals surface area contributed by atoms with Crippen LogP contribution >= 0.6 is 0 Å². The first kappa shape index (κ1) is 15.4. The standard InChI is InChI=1S/C12H16N2O4S/c1-18-12(15)10-5-4-6-11(9-10)19(16,17)14-8-3-2-7-13/h2-6,9,14H,7-8,13H2,1H3/b3-2+. The highest BCUT2D eigenvalue weighted by Crippen LogP contribution is 2.12. The molecular formula is C12H16N2O4S. The predicted molar refractivity (Wildman–Crippen MR) is 71.2 cm³/mol. The molecular weight excluding hydrogens is 268 g/mol. The summed E-state index contributed by atoms with van der Waals surface area (Å²) in [4.78, 5) is 11.3. The lowest BCUT2D eigenvalue weighted by molar-refractivity contribution is 0.0600. The zero-order chi connectivity index (χ0) is 14.3. The first-order valence-corrected chi connectivity index (χ1v) is 7.02. The number of methoxy groups -OCH3 is 1. The molecule has 0 atom stereocenters. The van der Waals surface area contributed by atoms with Gasteiger partial charge in [0.1, 0.15) is 0 Å². The molecule has 0 aromatic heterocycles. The Labute approximate surface area is 112 Å². The van der Waals surface area contributed by atoms with E-state index in [1.54, 1.807) is 12.2 Å². The third-order valence-corrected chi connectivity index (χ3v) is 3.68. The number of ether oxygens (including phenoxy) is 1. The van der Waals surface area contributed by atoms with Crippen LogP contribution in [0.15, 0.2) is 41.3 Å². The number of hydrogen-bond acceptors (Lipinski definition) is 5. The van der Waals surface area contributed by atoms with E-state index >= 15 is 0 Å². The van der Waals surface area contributed by atoms with Gasteiger partial charge in [-0.25, -0.2) is 17.9 Å². The summed E-state index contributed by atoms with van der Waals surface area (Å²) in [6, 6.07) is 5.64. The second-order valence-corrected chi connectivity index (χ2v) is 5.35. The zero-order valence-electron chi connectivity index (χ0n) is 10.5. The molecule has 0 radical (unpaired) electrons. The van der Waals surface area contributed by atoms with Gasteiger partial charge in [-0.3, -0.25) is 0 Å². The van der Waals surface area contributed by atoms with Gasteiger partial charge in [-0.05, 0) is 18.2 Å². The van der Waals surface area contributed by atoms with Gasteiger partial charge in [-0.1, -0.05) is 18.2 Å². The van der Waals surface area contributed by atoms with Crippen LogP contribution in [0.25, 0.3) is 0 Å². The minimum absolute atomic E-state index is 0.0107. The van der Waals surface area contributed by atoms with E-state index in [0.717, 1.165) is 0 Å². The summed E-state index contributed by atoms with van der Waals surface area (Å²) in [5.41, 5.74) is 5.43. The van der Waals surface area contributed by atoms with Crippen LogP contribution in [-0.2, 0) is 14.8 Å². The summed E-state index contributed by atoms with van der Waals surface area (Å²) in [5, 5.41) is 0. The van der Waals surface area contributed by atoms with Crippen LogP contribution < -0.4 is 10.5 Å². The normalized spacial score (nSPS) is 11.7. The molecule has 0 saturated carbocycles. The van der Waals surface area contributed by atoms with Crippen molar-refractivity contribution < 1.29 is 17.9 Å². The van der Waals surface area contributed by atoms with E-state index < -0.39 is 16.0 Å². The number of rotatable bonds is 6. The van der Waals surface area contributed by atoms with Crippen molar-refractivity contribution in [2.24, 2.45) is 5.73 Å². The maximum atomic E-state index is 11.9. The van der Waals surface area contributed by atoms with Crippen molar-refractivity contribution in [2.45, 2.75) is 4.90 Å². The van der Waals surface area contributed by atoms with Gasteiger partial charge in [0, 0.05) is 13.1 Å². The smallest absolute Gasteiger partial charge is 0.337 e. The molecule has 0 unspecified atom stereocenters. The Hall–Kier alpha value is -1.70. The van der Waals surface area contributed by atoms with E-state index in [2.05, 4.69) is 9.46 Å². The van der Waals surface area contributed by atoms with Crippen molar-refractivity contribution in [1.82, 2.24) is 4.72 Å². The minimum atomic E-state index is -3.65. The Kier molecular flexibility index (Phi) is 5.68. The molecule has 0 heterocycles. The van der Waals surface area contributed by atoms with Gasteiger partial charge in [0.25, 0.3) is 0 Å². The third kappa shape index (κ3) is 4.47. The molecule has 0 fully saturated rings. The maximum absolute atomic E-state index is 11.9. The van der Waals surface area contributed by atoms with E-state index in [0.29, 0.717) is 6.54 Å². The van der Waals surface area contributed by atoms with Crippen molar-refractivity contribution in [3.63, 3.8) is 0 Å². The fourth-order valence-electron chi connectivity index (χ4n) is 1.33. The molecule has 104 valence electrons. The topological polar surface area (TPSA) is 98.5 Å². The van der Waals surface area contributed by atoms with Gasteiger partial charge in [0.05, 0.1) is 17.6 Å². The number of benzene rings is 1. The number of nitrogens with one attached hydrogen (secondary N) is 1. The summed E-state index contributed by atoms with van der Waals surface area (Å²) in [6.45, 7) is 0.488. The molecule has 0 aliphatic rings. The summed E-state index contributed by atoms with van der Waals surface area (Å²) < 4.78 is 30.8. The second-order valence-electron chi connectivity index (χ2n) is 3.58. The molecule has 1 aromatic carbocycles. The highest BCUT2D eigenvalue weighted by molar-refractivity contribution is 7.89. The molecule has 0 aliphatic heterocycles. The van der Waals surface area contributed by atoms with Gasteiger partial charge in [-0.2, -0.15) is 0 Å². The average molecular weight is 284 g/mol. The second kappa shape index (κ2) is 7.03. The van der Waals surface area contributed by atoms with Gasteiger partial charge in [0.2, 0.25) is 10.0 Å². The molecule has 7 heteroatoms. The molecule has 0 saturated heterocycles. The van der Waals surface area contributed by atoms with Crippen LogP contribution in [0, 0.1) is 0 Å². The minimum Gasteiger partial charge on any atom is -0.465 e. The van der Waals surface area contributed by atoms with Crippen molar-refractivity contribution in [3.8, 4) is 0 Å². The number of sulfonamides is 1. The molecule has 0 spiro atoms. The summed E-state index contributed by atoms with van der Waals surface area (Å²) >= 11 is 0. The molecule has 0 aliphatic carbocycles. The molecule has 3 N–H and O–H groups in total. The highest BCUT2D eigenvalue weighted by Gasteiger charge is 2.15. The van der Waals surface area contributed by atoms with Crippen LogP contribution in [0.3, 0.4) is 0 Å². The van der Waals surface area contributed by atoms with Crippen molar-refractivity contribution in [2.75, 3.05) is 20.2 Å². The molecule has 6 nitrogen and oxygen atoms in total. The Bertz CT molecular complexity index is 567. The lowest BCUT2D eigenvalue weighted by atomic mass is 10.2. The Balaban J connectivity index is 2.89. The van der Waals surface area contributed by atoms with Crippen molar-refractivity contribution in [3.05, 3.63) is 42.0 Å². The van der Waals surface area contributed by atoms with Gasteiger partial charge in [-0.15, -0.1) is 0 Å². The quantitative estimate of drug-likeness (QED) is 0.577. The third-order valence-electron chi connectivity index (χ3n) is 2.26. The van der Waals surface area contributed by atoms with E-state index in [-0.39, 0.29) is 17.0 Å². The van der Waals surface area contributed by atoms with Crippen molar-refractivity contribution >= 4 is 16.0 Å². The van der Waals surface area contributed by atoms with Crippen LogP contribution in [0.2, 0.25) is 0 Å². The van der Waals surface area contributed by atoms with Gasteiger partial charge < -0.3 is 10.5 Å². The zero-order valence-corrected chi connectivity index (χ0v) is 11.3. The number of carbonyl (C=O) groups is 1. The van der Waals surface area contributed by atoms with Crippen LogP contribution in [-0.4, -0.2) is 34.6 Å². The Morgan fingerprint density at radius 2 is 2.16 bits per heavy atom. The molecule has 0 bridgehead atoms. The average Bonchev–Trinajstić information content (AvgIpc) is 2.43. The number of hydrogen-bond donors (Lipinski definition) is 2. The lowest BCUT2D eigenvalue weighted by Crippen LogP contribution is -2.24. The van der Waals surface area contributed by atoms with E-state index in [4.69, 9.17) is 5.73 Å². The van der Waals surface area contributed by atoms with E-state index in [1.807, 2.05) is 0 Å². The first-order chi connectivity index (χ1) is 9.01. The van der Waals surface area contributed by atoms with Crippen molar-refractivity contribution in [1.29, 1.82) is 0 Å². The molecule has 0 amide bonds. The maximum Gasteiger partial charge on any atom is 0.337 e. The highest BCUT2D eigenvalue weighted by atomic mass is 32.2. The first-order valence-electron chi connectivity index (χ1n) is 5.54. The van der Waals surface area contributed by atoms with Crippen LogP contribution in [0.5, 0.6) is 0 Å². The Morgan fingerprint density at radius 3 is 2.79 bits per heavy atom. The number of esters is 1. The lowest BCUT2D eigenvalue weighted by Gasteiger charge is -2.06. The fourth-order valence-corrected chi connectivity index (χ4v) is 2.35. The SMILES string of the molecule is COC(=O)c1cccc(S(=O)(=O)NC/C=C/CN)c1. The predicted octanol–water partition coefficient (Wildman–Crippen LogP) is 0.266. The number of carbonyl (C=O) groups excluding carboxylic acids is 1. The summed E-state index contributed by atoms with van der Waals surface area (Å²) in [6.07, 6.45) is 3.26. The van der Waals surface area contributed by atoms with Gasteiger partial charge >= 0.3 is 5.97 Å². The summed E-state index contributed by atoms with van der Waals surface area (Å²) in [5.74, 6) is -0.583. The number of nitrogens with two attached hydrogens (primary N) is 1. The van der Waals surface area contributed by atoms with E-state index in [1.165, 1.54) is 31.4 Å². The van der Waals surface area contributed by atoms with E-state index in [9.17, 15) is 13.2 Å². The van der Waals surface area contributed by atoms with Crippen LogP contribution in [0.4, 0.5) is 0 Å². The van der Waals surface area contributed by atoms with Crippen LogP contribution in [0.1, 0.15) is 10.4 Å². The summed E-state index contributed by atoms with van der Waals surface area (Å²) in [7, 11) is -2.42. The largest absolute Gasteiger partial charge is 0.465 e. The molecule has 1 rings (SSSR count). The molecule has 19 heavy (non-hydrogen) atoms.